The molecule has 1 atom stereocenters. The molecule has 3 aliphatic heterocycles. The summed E-state index contributed by atoms with van der Waals surface area (Å²) in [6.45, 7) is 10.6. The molecule has 0 saturated carbocycles. The number of nitrogens with zero attached hydrogens (tertiary/aromatic N) is 3. The van der Waals surface area contributed by atoms with Crippen molar-refractivity contribution in [3.63, 3.8) is 0 Å². The molecule has 1 saturated heterocycles. The van der Waals surface area contributed by atoms with Crippen LogP contribution in [0.15, 0.2) is 57.7 Å². The van der Waals surface area contributed by atoms with Gasteiger partial charge in [0, 0.05) is 18.8 Å². The molecule has 1 unspecified atom stereocenters. The maximum Gasteiger partial charge on any atom is 0.338 e. The van der Waals surface area contributed by atoms with Crippen LogP contribution in [0, 0.1) is 5.92 Å². The zero-order valence-electron chi connectivity index (χ0n) is 22.2. The number of aliphatic imine (C=N–C) groups is 1. The summed E-state index contributed by atoms with van der Waals surface area (Å²) in [4.78, 5) is 47.3. The molecule has 0 N–H and O–H groups in total. The lowest BCUT2D eigenvalue weighted by molar-refractivity contribution is -0.151. The summed E-state index contributed by atoms with van der Waals surface area (Å²) in [5.41, 5.74) is 2.15. The van der Waals surface area contributed by atoms with Gasteiger partial charge in [-0.2, -0.15) is 0 Å². The number of amidine groups is 1. The van der Waals surface area contributed by atoms with Gasteiger partial charge in [0.15, 0.2) is 5.17 Å². The molecule has 0 aliphatic carbocycles. The topological polar surface area (TPSA) is 88.5 Å². The molecular weight excluding hydrogens is 490 g/mol. The summed E-state index contributed by atoms with van der Waals surface area (Å²) < 4.78 is 10.9. The molecule has 8 nitrogen and oxygen atoms in total. The second-order valence-corrected chi connectivity index (χ2v) is 11.2. The van der Waals surface area contributed by atoms with E-state index in [4.69, 9.17) is 14.5 Å². The third-order valence-electron chi connectivity index (χ3n) is 6.53. The Morgan fingerprint density at radius 1 is 1.11 bits per heavy atom. The number of benzene rings is 1. The summed E-state index contributed by atoms with van der Waals surface area (Å²) >= 11 is 1.46. The van der Waals surface area contributed by atoms with Gasteiger partial charge >= 0.3 is 11.9 Å². The summed E-state index contributed by atoms with van der Waals surface area (Å²) in [6.07, 6.45) is 1.39. The summed E-state index contributed by atoms with van der Waals surface area (Å²) in [5.74, 6) is -0.753. The normalized spacial score (nSPS) is 20.3. The molecule has 0 radical (unpaired) electrons. The van der Waals surface area contributed by atoms with E-state index < -0.39 is 17.6 Å². The number of piperidine rings is 1. The van der Waals surface area contributed by atoms with Crippen LogP contribution in [0.3, 0.4) is 0 Å². The van der Waals surface area contributed by atoms with Crippen molar-refractivity contribution in [3.05, 3.63) is 58.3 Å². The smallest absolute Gasteiger partial charge is 0.338 e. The van der Waals surface area contributed by atoms with Crippen LogP contribution in [0.5, 0.6) is 0 Å². The number of esters is 2. The van der Waals surface area contributed by atoms with Crippen molar-refractivity contribution >= 4 is 34.8 Å². The Balaban J connectivity index is 1.55. The van der Waals surface area contributed by atoms with E-state index in [0.717, 1.165) is 16.4 Å². The fourth-order valence-electron chi connectivity index (χ4n) is 4.81. The van der Waals surface area contributed by atoms with E-state index in [0.29, 0.717) is 43.8 Å². The van der Waals surface area contributed by atoms with E-state index >= 15 is 0 Å². The molecule has 1 aromatic carbocycles. The highest BCUT2D eigenvalue weighted by Crippen LogP contribution is 2.45. The van der Waals surface area contributed by atoms with Crippen LogP contribution >= 0.6 is 11.8 Å². The summed E-state index contributed by atoms with van der Waals surface area (Å²) in [5, 5.41) is 2.69. The maximum atomic E-state index is 13.4. The first kappa shape index (κ1) is 27.0. The first-order valence-corrected chi connectivity index (χ1v) is 13.6. The van der Waals surface area contributed by atoms with Gasteiger partial charge in [0.05, 0.1) is 36.3 Å². The molecule has 9 heteroatoms. The number of ether oxygens (including phenoxy) is 2. The number of fused-ring (bicyclic) bond motifs is 1. The van der Waals surface area contributed by atoms with Crippen molar-refractivity contribution in [2.24, 2.45) is 10.9 Å². The summed E-state index contributed by atoms with van der Waals surface area (Å²) in [7, 11) is 0. The Labute approximate surface area is 222 Å². The Bertz CT molecular complexity index is 1140. The number of carbonyl (C=O) groups is 3. The van der Waals surface area contributed by atoms with Gasteiger partial charge in [-0.15, -0.1) is 0 Å². The second-order valence-electron chi connectivity index (χ2n) is 10.4. The van der Waals surface area contributed by atoms with E-state index in [9.17, 15) is 14.4 Å². The number of likely N-dealkylation sites (tertiary alicyclic amines) is 1. The highest BCUT2D eigenvalue weighted by Gasteiger charge is 2.42. The highest BCUT2D eigenvalue weighted by molar-refractivity contribution is 8.16. The van der Waals surface area contributed by atoms with Gasteiger partial charge in [0.1, 0.15) is 5.60 Å². The first-order chi connectivity index (χ1) is 17.6. The average molecular weight is 526 g/mol. The lowest BCUT2D eigenvalue weighted by Crippen LogP contribution is -2.42. The van der Waals surface area contributed by atoms with Crippen molar-refractivity contribution in [3.8, 4) is 0 Å². The minimum atomic E-state index is -0.653. The van der Waals surface area contributed by atoms with Crippen LogP contribution in [0.1, 0.15) is 65.5 Å². The Kier molecular flexibility index (Phi) is 8.11. The summed E-state index contributed by atoms with van der Waals surface area (Å²) in [6, 6.07) is 9.32. The quantitative estimate of drug-likeness (QED) is 0.493. The van der Waals surface area contributed by atoms with Gasteiger partial charge in [-0.3, -0.25) is 9.59 Å². The van der Waals surface area contributed by atoms with Gasteiger partial charge in [-0.1, -0.05) is 42.1 Å². The fourth-order valence-corrected chi connectivity index (χ4v) is 5.77. The van der Waals surface area contributed by atoms with E-state index in [1.165, 1.54) is 11.8 Å². The third-order valence-corrected chi connectivity index (χ3v) is 7.42. The number of amides is 1. The molecule has 198 valence electrons. The molecule has 1 amide bonds. The predicted molar refractivity (Wildman–Crippen MR) is 143 cm³/mol. The van der Waals surface area contributed by atoms with Gasteiger partial charge in [-0.25, -0.2) is 9.79 Å². The van der Waals surface area contributed by atoms with Crippen molar-refractivity contribution in [1.29, 1.82) is 0 Å². The zero-order valence-corrected chi connectivity index (χ0v) is 23.0. The SMILES string of the molecule is CCOC(=O)C1CCN(C(=O)CC2=CSC3=NC(C)=C(C(=O)OC(C)(C)C)C(c4ccccc4)N23)CC1. The molecule has 0 aromatic heterocycles. The average Bonchev–Trinajstić information content (AvgIpc) is 3.24. The Morgan fingerprint density at radius 3 is 2.41 bits per heavy atom. The van der Waals surface area contributed by atoms with Crippen LogP contribution in [0.2, 0.25) is 0 Å². The molecule has 3 heterocycles. The fraction of sp³-hybridized carbons (Fsp3) is 0.500. The van der Waals surface area contributed by atoms with Crippen LogP contribution in [0.4, 0.5) is 0 Å². The maximum absolute atomic E-state index is 13.4. The number of rotatable bonds is 6. The molecular formula is C28H35N3O5S. The first-order valence-electron chi connectivity index (χ1n) is 12.8. The van der Waals surface area contributed by atoms with E-state index in [-0.39, 0.29) is 24.2 Å². The number of hydrogen-bond donors (Lipinski definition) is 0. The van der Waals surface area contributed by atoms with Gasteiger partial charge in [-0.05, 0) is 58.4 Å². The molecule has 0 spiro atoms. The molecule has 0 bridgehead atoms. The molecule has 37 heavy (non-hydrogen) atoms. The van der Waals surface area contributed by atoms with E-state index in [1.54, 1.807) is 6.92 Å². The Morgan fingerprint density at radius 2 is 1.78 bits per heavy atom. The largest absolute Gasteiger partial charge is 0.466 e. The standard InChI is InChI=1S/C28H35N3O5S/c1-6-35-25(33)20-12-14-30(15-13-20)22(32)16-21-17-37-27-29-18(2)23(26(34)36-28(3,4)5)24(31(21)27)19-10-8-7-9-11-19/h7-11,17,20,24H,6,12-16H2,1-5H3. The molecule has 1 aromatic rings. The van der Waals surface area contributed by atoms with Crippen LogP contribution < -0.4 is 0 Å². The minimum Gasteiger partial charge on any atom is -0.466 e. The molecule has 1 fully saturated rings. The van der Waals surface area contributed by atoms with Gasteiger partial charge in [0.2, 0.25) is 5.91 Å². The number of thioether (sulfide) groups is 1. The van der Waals surface area contributed by atoms with Crippen molar-refractivity contribution in [2.75, 3.05) is 19.7 Å². The monoisotopic (exact) mass is 525 g/mol. The second kappa shape index (κ2) is 11.1. The van der Waals surface area contributed by atoms with Gasteiger partial charge < -0.3 is 19.3 Å². The highest BCUT2D eigenvalue weighted by atomic mass is 32.2. The van der Waals surface area contributed by atoms with E-state index in [2.05, 4.69) is 0 Å². The van der Waals surface area contributed by atoms with Crippen LogP contribution in [-0.2, 0) is 23.9 Å². The third kappa shape index (κ3) is 6.09. The number of allylic oxidation sites excluding steroid dienone is 1. The zero-order chi connectivity index (χ0) is 26.7. The molecule has 3 aliphatic rings. The number of hydrogen-bond acceptors (Lipinski definition) is 8. The number of carbonyl (C=O) groups excluding carboxylic acids is 3. The predicted octanol–water partition coefficient (Wildman–Crippen LogP) is 4.80. The van der Waals surface area contributed by atoms with Crippen molar-refractivity contribution < 1.29 is 23.9 Å². The lowest BCUT2D eigenvalue weighted by atomic mass is 9.93. The van der Waals surface area contributed by atoms with Crippen LogP contribution in [-0.4, -0.2) is 58.1 Å². The van der Waals surface area contributed by atoms with Gasteiger partial charge in [0.25, 0.3) is 0 Å². The Hall–Kier alpha value is -3.07. The lowest BCUT2D eigenvalue weighted by Gasteiger charge is -2.37. The van der Waals surface area contributed by atoms with Crippen LogP contribution in [0.25, 0.3) is 0 Å². The minimum absolute atomic E-state index is 0.00712. The van der Waals surface area contributed by atoms with E-state index in [1.807, 2.05) is 73.2 Å². The van der Waals surface area contributed by atoms with Crippen molar-refractivity contribution in [1.82, 2.24) is 9.80 Å². The molecule has 4 rings (SSSR count). The van der Waals surface area contributed by atoms with Crippen molar-refractivity contribution in [2.45, 2.75) is 65.5 Å².